The molecule has 1 amide bonds. The summed E-state index contributed by atoms with van der Waals surface area (Å²) in [4.78, 5) is 28.3. The zero-order valence-electron chi connectivity index (χ0n) is 16.1. The van der Waals surface area contributed by atoms with Gasteiger partial charge in [0.1, 0.15) is 6.54 Å². The molecule has 12 heteroatoms. The second-order valence-corrected chi connectivity index (χ2v) is 9.47. The highest BCUT2D eigenvalue weighted by Crippen LogP contribution is 2.29. The number of halogens is 3. The molecule has 1 heterocycles. The number of aromatic nitrogens is 1. The number of carbonyl (C=O) groups excluding carboxylic acids is 2. The minimum Gasteiger partial charge on any atom is -0.468 e. The fourth-order valence-electron chi connectivity index (χ4n) is 2.70. The van der Waals surface area contributed by atoms with Gasteiger partial charge in [0, 0.05) is 11.8 Å². The summed E-state index contributed by atoms with van der Waals surface area (Å²) in [6.45, 7) is -0.330. The van der Waals surface area contributed by atoms with E-state index < -0.39 is 33.5 Å². The van der Waals surface area contributed by atoms with Crippen molar-refractivity contribution in [1.29, 1.82) is 0 Å². The number of thiazole rings is 1. The number of carbonyl (C=O) groups is 2. The van der Waals surface area contributed by atoms with Crippen molar-refractivity contribution >= 4 is 43.3 Å². The number of hydrogen-bond acceptors (Lipinski definition) is 6. The molecule has 0 aliphatic rings. The van der Waals surface area contributed by atoms with E-state index in [0.717, 1.165) is 29.7 Å². The van der Waals surface area contributed by atoms with Gasteiger partial charge < -0.3 is 9.30 Å². The van der Waals surface area contributed by atoms with E-state index in [2.05, 4.69) is 9.73 Å². The number of hydrogen-bond donors (Lipinski definition) is 0. The zero-order valence-corrected chi connectivity index (χ0v) is 17.8. The van der Waals surface area contributed by atoms with Gasteiger partial charge in [0.2, 0.25) is 0 Å². The fourth-order valence-corrected chi connectivity index (χ4v) is 4.48. The molecule has 3 rings (SSSR count). The van der Waals surface area contributed by atoms with Gasteiger partial charge >= 0.3 is 12.1 Å². The second-order valence-electron chi connectivity index (χ2n) is 6.44. The SMILES string of the molecule is COC(=O)Cn1c(=NC(=O)c2cccc(C(F)(F)F)c2)sc2cc(S(C)(=O)=O)ccc21. The van der Waals surface area contributed by atoms with Gasteiger partial charge in [-0.3, -0.25) is 9.59 Å². The van der Waals surface area contributed by atoms with Crippen molar-refractivity contribution in [1.82, 2.24) is 4.57 Å². The molecule has 0 spiro atoms. The van der Waals surface area contributed by atoms with Crippen LogP contribution in [0.3, 0.4) is 0 Å². The van der Waals surface area contributed by atoms with E-state index in [-0.39, 0.29) is 21.8 Å². The van der Waals surface area contributed by atoms with E-state index in [0.29, 0.717) is 16.3 Å². The molecule has 0 unspecified atom stereocenters. The van der Waals surface area contributed by atoms with Crippen LogP contribution in [0, 0.1) is 0 Å². The van der Waals surface area contributed by atoms with Gasteiger partial charge in [-0.2, -0.15) is 18.2 Å². The summed E-state index contributed by atoms with van der Waals surface area (Å²) in [7, 11) is -2.34. The number of nitrogens with zero attached hydrogens (tertiary/aromatic N) is 2. The number of amides is 1. The quantitative estimate of drug-likeness (QED) is 0.544. The lowest BCUT2D eigenvalue weighted by Gasteiger charge is -2.07. The Kier molecular flexibility index (Phi) is 6.05. The third-order valence-electron chi connectivity index (χ3n) is 4.23. The van der Waals surface area contributed by atoms with Gasteiger partial charge in [0.05, 0.1) is 27.8 Å². The van der Waals surface area contributed by atoms with Gasteiger partial charge in [0.15, 0.2) is 14.6 Å². The normalized spacial score (nSPS) is 12.9. The second kappa shape index (κ2) is 8.27. The Morgan fingerprint density at radius 2 is 1.87 bits per heavy atom. The number of benzene rings is 2. The van der Waals surface area contributed by atoms with Crippen LogP contribution in [-0.4, -0.2) is 38.2 Å². The first-order valence-corrected chi connectivity index (χ1v) is 11.3. The molecule has 0 N–H and O–H groups in total. The van der Waals surface area contributed by atoms with E-state index in [4.69, 9.17) is 0 Å². The van der Waals surface area contributed by atoms with E-state index >= 15 is 0 Å². The minimum absolute atomic E-state index is 0.00784. The van der Waals surface area contributed by atoms with Crippen LogP contribution in [0.25, 0.3) is 10.2 Å². The molecule has 2 aromatic carbocycles. The van der Waals surface area contributed by atoms with Crippen LogP contribution in [0.1, 0.15) is 15.9 Å². The third-order valence-corrected chi connectivity index (χ3v) is 6.38. The van der Waals surface area contributed by atoms with Crippen molar-refractivity contribution in [3.8, 4) is 0 Å². The van der Waals surface area contributed by atoms with Crippen LogP contribution in [0.2, 0.25) is 0 Å². The highest BCUT2D eigenvalue weighted by Gasteiger charge is 2.31. The monoisotopic (exact) mass is 472 g/mol. The summed E-state index contributed by atoms with van der Waals surface area (Å²) in [5.74, 6) is -1.60. The molecule has 0 radical (unpaired) electrons. The molecule has 3 aromatic rings. The highest BCUT2D eigenvalue weighted by molar-refractivity contribution is 7.90. The van der Waals surface area contributed by atoms with E-state index in [1.54, 1.807) is 0 Å². The van der Waals surface area contributed by atoms with Crippen molar-refractivity contribution in [2.24, 2.45) is 4.99 Å². The van der Waals surface area contributed by atoms with E-state index in [1.165, 1.54) is 35.9 Å². The predicted molar refractivity (Wildman–Crippen MR) is 106 cm³/mol. The average molecular weight is 472 g/mol. The van der Waals surface area contributed by atoms with Gasteiger partial charge in [-0.15, -0.1) is 0 Å². The fraction of sp³-hybridized carbons (Fsp3) is 0.211. The number of fused-ring (bicyclic) bond motifs is 1. The lowest BCUT2D eigenvalue weighted by atomic mass is 10.1. The van der Waals surface area contributed by atoms with Gasteiger partial charge in [0.25, 0.3) is 5.91 Å². The van der Waals surface area contributed by atoms with Gasteiger partial charge in [-0.05, 0) is 36.4 Å². The maximum Gasteiger partial charge on any atom is 0.416 e. The summed E-state index contributed by atoms with van der Waals surface area (Å²) in [6, 6.07) is 7.98. The molecule has 0 fully saturated rings. The average Bonchev–Trinajstić information content (AvgIpc) is 3.02. The predicted octanol–water partition coefficient (Wildman–Crippen LogP) is 3.04. The van der Waals surface area contributed by atoms with Crippen molar-refractivity contribution in [3.05, 3.63) is 58.4 Å². The molecule has 0 saturated carbocycles. The van der Waals surface area contributed by atoms with Crippen molar-refractivity contribution < 1.29 is 35.9 Å². The molecular weight excluding hydrogens is 457 g/mol. The topological polar surface area (TPSA) is 94.8 Å². The maximum absolute atomic E-state index is 12.9. The van der Waals surface area contributed by atoms with Crippen molar-refractivity contribution in [2.45, 2.75) is 17.6 Å². The number of sulfone groups is 1. The van der Waals surface area contributed by atoms with Gasteiger partial charge in [-0.25, -0.2) is 8.42 Å². The molecule has 7 nitrogen and oxygen atoms in total. The molecule has 0 bridgehead atoms. The molecule has 0 aliphatic carbocycles. The van der Waals surface area contributed by atoms with Crippen LogP contribution < -0.4 is 4.80 Å². The highest BCUT2D eigenvalue weighted by atomic mass is 32.2. The number of esters is 1. The molecule has 164 valence electrons. The first-order valence-electron chi connectivity index (χ1n) is 8.57. The van der Waals surface area contributed by atoms with Crippen LogP contribution >= 0.6 is 11.3 Å². The summed E-state index contributed by atoms with van der Waals surface area (Å²) in [6.07, 6.45) is -3.59. The Morgan fingerprint density at radius 1 is 1.16 bits per heavy atom. The van der Waals surface area contributed by atoms with Crippen LogP contribution in [0.4, 0.5) is 13.2 Å². The van der Waals surface area contributed by atoms with Crippen LogP contribution in [-0.2, 0) is 32.1 Å². The summed E-state index contributed by atoms with van der Waals surface area (Å²) in [5, 5.41) is 0. The van der Waals surface area contributed by atoms with E-state index in [1.807, 2.05) is 0 Å². The van der Waals surface area contributed by atoms with E-state index in [9.17, 15) is 31.2 Å². The first kappa shape index (κ1) is 22.7. The standard InChI is InChI=1S/C19H15F3N2O5S2/c1-29-16(25)10-24-14-7-6-13(31(2,27)28)9-15(14)30-18(24)23-17(26)11-4-3-5-12(8-11)19(20,21)22/h3-9H,10H2,1-2H3. The molecule has 0 saturated heterocycles. The van der Waals surface area contributed by atoms with Crippen LogP contribution in [0.15, 0.2) is 52.4 Å². The van der Waals surface area contributed by atoms with Gasteiger partial charge in [-0.1, -0.05) is 17.4 Å². The Hall–Kier alpha value is -2.99. The largest absolute Gasteiger partial charge is 0.468 e. The summed E-state index contributed by atoms with van der Waals surface area (Å²) in [5.41, 5.74) is -0.864. The minimum atomic E-state index is -4.62. The maximum atomic E-state index is 12.9. The number of ether oxygens (including phenoxy) is 1. The molecule has 0 atom stereocenters. The Balaban J connectivity index is 2.17. The Bertz CT molecular complexity index is 1350. The lowest BCUT2D eigenvalue weighted by molar-refractivity contribution is -0.141. The smallest absolute Gasteiger partial charge is 0.416 e. The third kappa shape index (κ3) is 5.02. The van der Waals surface area contributed by atoms with Crippen LogP contribution in [0.5, 0.6) is 0 Å². The lowest BCUT2D eigenvalue weighted by Crippen LogP contribution is -2.22. The Morgan fingerprint density at radius 3 is 2.48 bits per heavy atom. The molecule has 1 aromatic heterocycles. The Labute approximate surface area is 178 Å². The molecule has 31 heavy (non-hydrogen) atoms. The molecular formula is C19H15F3N2O5S2. The summed E-state index contributed by atoms with van der Waals surface area (Å²) < 4.78 is 68.8. The zero-order chi connectivity index (χ0) is 23.0. The summed E-state index contributed by atoms with van der Waals surface area (Å²) >= 11 is 0.920. The first-order chi connectivity index (χ1) is 14.4. The van der Waals surface area contributed by atoms with Crippen molar-refractivity contribution in [3.63, 3.8) is 0 Å². The molecule has 0 aliphatic heterocycles. The number of alkyl halides is 3. The number of methoxy groups -OCH3 is 1. The van der Waals surface area contributed by atoms with Crippen molar-refractivity contribution in [2.75, 3.05) is 13.4 Å². The number of rotatable bonds is 4.